The summed E-state index contributed by atoms with van der Waals surface area (Å²) in [4.78, 5) is 31.5. The van der Waals surface area contributed by atoms with Crippen molar-refractivity contribution in [2.45, 2.75) is 71.8 Å². The van der Waals surface area contributed by atoms with E-state index >= 15 is 0 Å². The van der Waals surface area contributed by atoms with E-state index in [1.54, 1.807) is 11.2 Å². The number of carbonyl (C=O) groups excluding carboxylic acids is 2. The van der Waals surface area contributed by atoms with E-state index in [0.717, 1.165) is 61.9 Å². The van der Waals surface area contributed by atoms with Crippen molar-refractivity contribution in [1.29, 1.82) is 0 Å². The summed E-state index contributed by atoms with van der Waals surface area (Å²) in [6.45, 7) is 12.2. The molecule has 0 fully saturated rings. The van der Waals surface area contributed by atoms with Gasteiger partial charge in [0.05, 0.1) is 18.6 Å². The van der Waals surface area contributed by atoms with Gasteiger partial charge in [-0.05, 0) is 113 Å². The van der Waals surface area contributed by atoms with Crippen molar-refractivity contribution in [3.8, 4) is 11.5 Å². The Morgan fingerprint density at radius 3 is 1.78 bits per heavy atom. The highest BCUT2D eigenvalue weighted by atomic mass is 16.5. The highest BCUT2D eigenvalue weighted by Gasteiger charge is 2.35. The van der Waals surface area contributed by atoms with E-state index < -0.39 is 0 Å². The van der Waals surface area contributed by atoms with Crippen molar-refractivity contribution in [3.63, 3.8) is 0 Å². The lowest BCUT2D eigenvalue weighted by atomic mass is 9.92. The Bertz CT molecular complexity index is 2820. The van der Waals surface area contributed by atoms with Gasteiger partial charge in [0, 0.05) is 36.1 Å². The number of hydrazine groups is 1. The Morgan fingerprint density at radius 2 is 1.17 bits per heavy atom. The van der Waals surface area contributed by atoms with E-state index in [1.165, 1.54) is 16.7 Å². The average molecular weight is 866 g/mol. The van der Waals surface area contributed by atoms with Gasteiger partial charge in [-0.3, -0.25) is 9.59 Å². The molecule has 0 bridgehead atoms. The van der Waals surface area contributed by atoms with Gasteiger partial charge in [0.15, 0.2) is 0 Å². The van der Waals surface area contributed by atoms with Crippen LogP contribution in [0.15, 0.2) is 170 Å². The Kier molecular flexibility index (Phi) is 13.2. The van der Waals surface area contributed by atoms with Gasteiger partial charge in [0.25, 0.3) is 11.8 Å². The van der Waals surface area contributed by atoms with Crippen molar-refractivity contribution in [3.05, 3.63) is 203 Å². The van der Waals surface area contributed by atoms with Crippen LogP contribution in [-0.2, 0) is 19.5 Å². The van der Waals surface area contributed by atoms with Crippen LogP contribution in [0.25, 0.3) is 21.5 Å². The molecular formula is C56H59N5O4. The van der Waals surface area contributed by atoms with Gasteiger partial charge in [-0.2, -0.15) is 0 Å². The molecule has 0 spiro atoms. The maximum atomic E-state index is 13.8. The second kappa shape index (κ2) is 19.3. The largest absolute Gasteiger partial charge is 0.491 e. The fourth-order valence-electron chi connectivity index (χ4n) is 8.75. The van der Waals surface area contributed by atoms with Crippen LogP contribution in [0.5, 0.6) is 11.5 Å². The molecule has 9 nitrogen and oxygen atoms in total. The lowest BCUT2D eigenvalue weighted by molar-refractivity contribution is 0.0604. The number of nitrogens with two attached hydrogens (primary N) is 2. The summed E-state index contributed by atoms with van der Waals surface area (Å²) in [7, 11) is 0. The molecule has 0 saturated heterocycles. The number of ether oxygens (including phenoxy) is 2. The second-order valence-corrected chi connectivity index (χ2v) is 18.2. The topological polar surface area (TPSA) is 114 Å². The van der Waals surface area contributed by atoms with Crippen LogP contribution in [0.4, 0.5) is 0 Å². The summed E-state index contributed by atoms with van der Waals surface area (Å²) in [6, 6.07) is 51.9. The molecule has 0 aromatic heterocycles. The maximum absolute atomic E-state index is 13.8. The summed E-state index contributed by atoms with van der Waals surface area (Å²) < 4.78 is 12.1. The van der Waals surface area contributed by atoms with Crippen LogP contribution in [0.2, 0.25) is 0 Å². The molecule has 0 saturated carbocycles. The molecule has 65 heavy (non-hydrogen) atoms. The van der Waals surface area contributed by atoms with Crippen molar-refractivity contribution in [2.75, 3.05) is 13.2 Å². The number of carbonyl (C=O) groups is 2. The standard InChI is InChI=1S/C30H29NO3.C26H30N4O/c1-30(2,3)34-24-17-15-23(16-18-24)33-20-28-26-13-7-5-10-22(26)19-31(28)29(32)27-14-8-11-21-9-4-6-12-25(21)27;1-18(2)25(27)17-29(28)16-22-14-20-9-3-4-10-21(20)15-30(22)26(31)24-13-7-11-19-8-5-6-12-23(19)24/h4-18,28H,19-20H2,1-3H3;3-13,17-18,22H,14-16,27-28H2,1-2H3/b;25-17-. The van der Waals surface area contributed by atoms with Crippen molar-refractivity contribution < 1.29 is 19.1 Å². The van der Waals surface area contributed by atoms with Crippen LogP contribution < -0.4 is 21.1 Å². The highest BCUT2D eigenvalue weighted by Crippen LogP contribution is 2.37. The third-order valence-electron chi connectivity index (χ3n) is 12.1. The van der Waals surface area contributed by atoms with Gasteiger partial charge in [-0.1, -0.05) is 135 Å². The molecule has 7 aromatic carbocycles. The zero-order valence-electron chi connectivity index (χ0n) is 38.0. The van der Waals surface area contributed by atoms with Gasteiger partial charge < -0.3 is 30.0 Å². The third kappa shape index (κ3) is 10.3. The molecule has 2 unspecified atom stereocenters. The Balaban J connectivity index is 0.000000178. The minimum atomic E-state index is -0.252. The predicted molar refractivity (Wildman–Crippen MR) is 261 cm³/mol. The second-order valence-electron chi connectivity index (χ2n) is 18.2. The molecule has 332 valence electrons. The van der Waals surface area contributed by atoms with Gasteiger partial charge in [0.1, 0.15) is 23.7 Å². The lowest BCUT2D eigenvalue weighted by Gasteiger charge is -2.39. The fraction of sp³-hybridized carbons (Fsp3) is 0.250. The van der Waals surface area contributed by atoms with Gasteiger partial charge >= 0.3 is 0 Å². The van der Waals surface area contributed by atoms with E-state index in [2.05, 4.69) is 30.3 Å². The molecule has 2 aliphatic rings. The molecule has 2 aliphatic heterocycles. The van der Waals surface area contributed by atoms with Crippen LogP contribution >= 0.6 is 0 Å². The monoisotopic (exact) mass is 865 g/mol. The van der Waals surface area contributed by atoms with Crippen molar-refractivity contribution in [1.82, 2.24) is 14.8 Å². The quantitative estimate of drug-likeness (QED) is 0.104. The molecule has 4 N–H and O–H groups in total. The first-order valence-corrected chi connectivity index (χ1v) is 22.5. The molecule has 0 aliphatic carbocycles. The number of allylic oxidation sites excluding steroid dienone is 1. The van der Waals surface area contributed by atoms with Gasteiger partial charge in [0.2, 0.25) is 0 Å². The molecule has 0 radical (unpaired) electrons. The summed E-state index contributed by atoms with van der Waals surface area (Å²) in [5.74, 6) is 8.12. The van der Waals surface area contributed by atoms with E-state index in [0.29, 0.717) is 26.2 Å². The number of benzene rings is 7. The van der Waals surface area contributed by atoms with E-state index in [-0.39, 0.29) is 35.4 Å². The van der Waals surface area contributed by atoms with Crippen LogP contribution in [-0.4, -0.2) is 51.4 Å². The smallest absolute Gasteiger partial charge is 0.255 e. The summed E-state index contributed by atoms with van der Waals surface area (Å²) in [5.41, 5.74) is 12.8. The summed E-state index contributed by atoms with van der Waals surface area (Å²) in [5, 5.41) is 5.70. The van der Waals surface area contributed by atoms with Crippen LogP contribution in [0.3, 0.4) is 0 Å². The zero-order valence-corrected chi connectivity index (χ0v) is 38.0. The molecular weight excluding hydrogens is 807 g/mol. The number of rotatable bonds is 10. The molecule has 2 atom stereocenters. The first-order chi connectivity index (χ1) is 31.3. The first kappa shape index (κ1) is 44.5. The number of hydrogen-bond donors (Lipinski definition) is 2. The van der Waals surface area contributed by atoms with E-state index in [4.69, 9.17) is 21.1 Å². The predicted octanol–water partition coefficient (Wildman–Crippen LogP) is 10.8. The molecule has 7 aromatic rings. The van der Waals surface area contributed by atoms with Crippen LogP contribution in [0.1, 0.15) is 83.6 Å². The lowest BCUT2D eigenvalue weighted by Crippen LogP contribution is -2.50. The molecule has 2 amide bonds. The van der Waals surface area contributed by atoms with Gasteiger partial charge in [-0.15, -0.1) is 0 Å². The number of fused-ring (bicyclic) bond motifs is 4. The Hall–Kier alpha value is -7.10. The van der Waals surface area contributed by atoms with Crippen molar-refractivity contribution in [2.24, 2.45) is 17.5 Å². The minimum Gasteiger partial charge on any atom is -0.491 e. The SMILES string of the molecule is CC(C)(C)Oc1ccc(OCC2c3ccccc3CN2C(=O)c2cccc3ccccc23)cc1.CC(C)/C(N)=C/N(N)CC1Cc2ccccc2CN1C(=O)c1cccc2ccccc12. The Morgan fingerprint density at radius 1 is 0.662 bits per heavy atom. The number of hydrogen-bond acceptors (Lipinski definition) is 7. The zero-order chi connectivity index (χ0) is 45.7. The summed E-state index contributed by atoms with van der Waals surface area (Å²) in [6.07, 6.45) is 2.54. The summed E-state index contributed by atoms with van der Waals surface area (Å²) >= 11 is 0. The molecule has 9 heteroatoms. The highest BCUT2D eigenvalue weighted by molar-refractivity contribution is 6.08. The van der Waals surface area contributed by atoms with E-state index in [9.17, 15) is 9.59 Å². The molecule has 2 heterocycles. The molecule has 9 rings (SSSR count). The number of nitrogens with zero attached hydrogens (tertiary/aromatic N) is 3. The normalized spacial score (nSPS) is 15.8. The minimum absolute atomic E-state index is 0.0236. The Labute approximate surface area is 382 Å². The first-order valence-electron chi connectivity index (χ1n) is 22.5. The average Bonchev–Trinajstić information content (AvgIpc) is 3.68. The van der Waals surface area contributed by atoms with E-state index in [1.807, 2.05) is 172 Å². The third-order valence-corrected chi connectivity index (χ3v) is 12.1. The van der Waals surface area contributed by atoms with Gasteiger partial charge in [-0.25, -0.2) is 5.84 Å². The van der Waals surface area contributed by atoms with Crippen LogP contribution in [0, 0.1) is 5.92 Å². The van der Waals surface area contributed by atoms with Crippen molar-refractivity contribution >= 4 is 33.4 Å². The number of amides is 2. The maximum Gasteiger partial charge on any atom is 0.255 e. The fourth-order valence-corrected chi connectivity index (χ4v) is 8.75.